The van der Waals surface area contributed by atoms with E-state index in [1.807, 2.05) is 0 Å². The van der Waals surface area contributed by atoms with Crippen molar-refractivity contribution < 1.29 is 13.9 Å². The van der Waals surface area contributed by atoms with Crippen molar-refractivity contribution in [1.29, 1.82) is 0 Å². The largest absolute Gasteiger partial charge is 0.491 e. The number of allylic oxidation sites excluding steroid dienone is 1. The number of carbonyl (C=O) groups excluding carboxylic acids is 1. The third-order valence-corrected chi connectivity index (χ3v) is 3.38. The van der Waals surface area contributed by atoms with Crippen molar-refractivity contribution in [2.45, 2.75) is 13.3 Å². The SMILES string of the molecule is COC1=CN=C(C)C(Cc2ccc(F)c(Cl)c2)C1=O. The smallest absolute Gasteiger partial charge is 0.207 e. The molecular formula is C14H13ClFNO2. The minimum atomic E-state index is -0.469. The van der Waals surface area contributed by atoms with Gasteiger partial charge in [0.1, 0.15) is 5.82 Å². The van der Waals surface area contributed by atoms with Gasteiger partial charge in [0.15, 0.2) is 5.76 Å². The van der Waals surface area contributed by atoms with E-state index in [1.165, 1.54) is 25.4 Å². The Bertz CT molecular complexity index is 581. The van der Waals surface area contributed by atoms with Gasteiger partial charge in [-0.05, 0) is 31.0 Å². The first-order chi connectivity index (χ1) is 9.02. The molecule has 0 saturated carbocycles. The van der Waals surface area contributed by atoms with E-state index < -0.39 is 5.82 Å². The van der Waals surface area contributed by atoms with Crippen LogP contribution in [-0.4, -0.2) is 18.6 Å². The molecule has 1 aliphatic rings. The molecule has 1 aromatic carbocycles. The third-order valence-electron chi connectivity index (χ3n) is 3.09. The summed E-state index contributed by atoms with van der Waals surface area (Å²) in [5.74, 6) is -0.732. The molecule has 0 fully saturated rings. The second kappa shape index (κ2) is 5.53. The van der Waals surface area contributed by atoms with Gasteiger partial charge in [-0.15, -0.1) is 0 Å². The Morgan fingerprint density at radius 2 is 2.21 bits per heavy atom. The number of ketones is 1. The molecule has 0 spiro atoms. The number of nitrogens with zero attached hydrogens (tertiary/aromatic N) is 1. The predicted molar refractivity (Wildman–Crippen MR) is 71.8 cm³/mol. The van der Waals surface area contributed by atoms with E-state index in [2.05, 4.69) is 4.99 Å². The summed E-state index contributed by atoms with van der Waals surface area (Å²) >= 11 is 5.73. The molecule has 5 heteroatoms. The molecule has 100 valence electrons. The summed E-state index contributed by atoms with van der Waals surface area (Å²) in [7, 11) is 1.44. The number of aliphatic imine (C=N–C) groups is 1. The maximum atomic E-state index is 13.1. The van der Waals surface area contributed by atoms with E-state index >= 15 is 0 Å². The molecule has 1 heterocycles. The summed E-state index contributed by atoms with van der Waals surface area (Å²) in [6.07, 6.45) is 1.85. The summed E-state index contributed by atoms with van der Waals surface area (Å²) in [5.41, 5.74) is 1.50. The topological polar surface area (TPSA) is 38.7 Å². The highest BCUT2D eigenvalue weighted by atomic mass is 35.5. The molecule has 0 saturated heterocycles. The maximum absolute atomic E-state index is 13.1. The van der Waals surface area contributed by atoms with Gasteiger partial charge >= 0.3 is 0 Å². The van der Waals surface area contributed by atoms with E-state index in [1.54, 1.807) is 13.0 Å². The standard InChI is InChI=1S/C14H13ClFNO2/c1-8-10(14(18)13(19-2)7-17-8)5-9-3-4-12(16)11(15)6-9/h3-4,6-7,10H,5H2,1-2H3. The quantitative estimate of drug-likeness (QED) is 0.853. The summed E-state index contributed by atoms with van der Waals surface area (Å²) < 4.78 is 18.1. The molecule has 0 aromatic heterocycles. The summed E-state index contributed by atoms with van der Waals surface area (Å²) in [6.45, 7) is 1.79. The Morgan fingerprint density at radius 1 is 1.47 bits per heavy atom. The molecule has 3 nitrogen and oxygen atoms in total. The van der Waals surface area contributed by atoms with Gasteiger partial charge in [0.2, 0.25) is 5.78 Å². The monoisotopic (exact) mass is 281 g/mol. The van der Waals surface area contributed by atoms with Crippen LogP contribution in [0, 0.1) is 11.7 Å². The molecule has 0 bridgehead atoms. The molecule has 1 aromatic rings. The Kier molecular flexibility index (Phi) is 4.00. The number of halogens is 2. The number of benzene rings is 1. The van der Waals surface area contributed by atoms with Gasteiger partial charge in [-0.3, -0.25) is 9.79 Å². The van der Waals surface area contributed by atoms with Crippen LogP contribution in [0.4, 0.5) is 4.39 Å². The molecule has 0 radical (unpaired) electrons. The van der Waals surface area contributed by atoms with Crippen LogP contribution in [0.5, 0.6) is 0 Å². The minimum absolute atomic E-state index is 0.0536. The molecule has 0 N–H and O–H groups in total. The van der Waals surface area contributed by atoms with Crippen molar-refractivity contribution in [3.05, 3.63) is 46.6 Å². The van der Waals surface area contributed by atoms with Gasteiger partial charge in [-0.25, -0.2) is 4.39 Å². The highest BCUT2D eigenvalue weighted by Gasteiger charge is 2.28. The van der Waals surface area contributed by atoms with Crippen LogP contribution in [0.15, 0.2) is 35.2 Å². The van der Waals surface area contributed by atoms with Crippen LogP contribution >= 0.6 is 11.6 Å². The highest BCUT2D eigenvalue weighted by molar-refractivity contribution is 6.30. The molecule has 19 heavy (non-hydrogen) atoms. The Morgan fingerprint density at radius 3 is 2.84 bits per heavy atom. The second-order valence-corrected chi connectivity index (χ2v) is 4.74. The predicted octanol–water partition coefficient (Wildman–Crippen LogP) is 3.17. The van der Waals surface area contributed by atoms with Gasteiger partial charge in [0.05, 0.1) is 24.3 Å². The van der Waals surface area contributed by atoms with E-state index in [4.69, 9.17) is 16.3 Å². The summed E-state index contributed by atoms with van der Waals surface area (Å²) in [4.78, 5) is 16.3. The van der Waals surface area contributed by atoms with E-state index in [9.17, 15) is 9.18 Å². The van der Waals surface area contributed by atoms with Crippen molar-refractivity contribution >= 4 is 23.1 Å². The first kappa shape index (κ1) is 13.7. The zero-order valence-corrected chi connectivity index (χ0v) is 11.4. The van der Waals surface area contributed by atoms with Crippen molar-refractivity contribution in [2.24, 2.45) is 10.9 Å². The summed E-state index contributed by atoms with van der Waals surface area (Å²) in [5, 5.41) is 0.0536. The van der Waals surface area contributed by atoms with Crippen LogP contribution in [0.3, 0.4) is 0 Å². The number of Topliss-reactive ketones (excluding diaryl/α,β-unsaturated/α-hetero) is 1. The number of carbonyl (C=O) groups is 1. The maximum Gasteiger partial charge on any atom is 0.207 e. The lowest BCUT2D eigenvalue weighted by molar-refractivity contribution is -0.120. The second-order valence-electron chi connectivity index (χ2n) is 4.34. The lowest BCUT2D eigenvalue weighted by Gasteiger charge is -2.20. The normalized spacial score (nSPS) is 18.9. The molecular weight excluding hydrogens is 269 g/mol. The van der Waals surface area contributed by atoms with Crippen molar-refractivity contribution in [1.82, 2.24) is 0 Å². The molecule has 1 aliphatic heterocycles. The number of hydrogen-bond donors (Lipinski definition) is 0. The van der Waals surface area contributed by atoms with Gasteiger partial charge in [0.25, 0.3) is 0 Å². The molecule has 0 amide bonds. The van der Waals surface area contributed by atoms with Crippen LogP contribution in [0.25, 0.3) is 0 Å². The van der Waals surface area contributed by atoms with Crippen molar-refractivity contribution in [2.75, 3.05) is 7.11 Å². The average molecular weight is 282 g/mol. The lowest BCUT2D eigenvalue weighted by Crippen LogP contribution is -2.29. The third kappa shape index (κ3) is 2.84. The average Bonchev–Trinajstić information content (AvgIpc) is 2.39. The fraction of sp³-hybridized carbons (Fsp3) is 0.286. The van der Waals surface area contributed by atoms with Crippen LogP contribution in [0.1, 0.15) is 12.5 Å². The van der Waals surface area contributed by atoms with Gasteiger partial charge < -0.3 is 4.74 Å². The van der Waals surface area contributed by atoms with Crippen LogP contribution < -0.4 is 0 Å². The first-order valence-electron chi connectivity index (χ1n) is 5.79. The molecule has 2 rings (SSSR count). The minimum Gasteiger partial charge on any atom is -0.491 e. The number of ether oxygens (including phenoxy) is 1. The molecule has 0 aliphatic carbocycles. The van der Waals surface area contributed by atoms with Crippen molar-refractivity contribution in [3.63, 3.8) is 0 Å². The van der Waals surface area contributed by atoms with E-state index in [0.717, 1.165) is 5.56 Å². The fourth-order valence-electron chi connectivity index (χ4n) is 1.97. The van der Waals surface area contributed by atoms with Gasteiger partial charge in [0, 0.05) is 5.71 Å². The Balaban J connectivity index is 2.23. The number of hydrogen-bond acceptors (Lipinski definition) is 3. The molecule has 1 atom stereocenters. The molecule has 1 unspecified atom stereocenters. The lowest BCUT2D eigenvalue weighted by atomic mass is 9.89. The van der Waals surface area contributed by atoms with E-state index in [-0.39, 0.29) is 22.5 Å². The van der Waals surface area contributed by atoms with Crippen LogP contribution in [-0.2, 0) is 16.0 Å². The van der Waals surface area contributed by atoms with Gasteiger partial charge in [-0.1, -0.05) is 17.7 Å². The zero-order valence-electron chi connectivity index (χ0n) is 10.6. The highest BCUT2D eigenvalue weighted by Crippen LogP contribution is 2.23. The number of rotatable bonds is 3. The van der Waals surface area contributed by atoms with Crippen molar-refractivity contribution in [3.8, 4) is 0 Å². The fourth-order valence-corrected chi connectivity index (χ4v) is 2.17. The first-order valence-corrected chi connectivity index (χ1v) is 6.17. The Hall–Kier alpha value is -1.68. The Labute approximate surface area is 115 Å². The van der Waals surface area contributed by atoms with Crippen LogP contribution in [0.2, 0.25) is 5.02 Å². The zero-order chi connectivity index (χ0) is 14.0. The number of methoxy groups -OCH3 is 1. The van der Waals surface area contributed by atoms with Gasteiger partial charge in [-0.2, -0.15) is 0 Å². The summed E-state index contributed by atoms with van der Waals surface area (Å²) in [6, 6.07) is 4.44. The van der Waals surface area contributed by atoms with E-state index in [0.29, 0.717) is 12.1 Å².